The third-order valence-electron chi connectivity index (χ3n) is 3.33. The Labute approximate surface area is 144 Å². The van der Waals surface area contributed by atoms with E-state index in [9.17, 15) is 14.7 Å². The van der Waals surface area contributed by atoms with Crippen LogP contribution in [0.1, 0.15) is 42.0 Å². The van der Waals surface area contributed by atoms with Gasteiger partial charge in [0.1, 0.15) is 11.6 Å². The molecule has 6 nitrogen and oxygen atoms in total. The number of rotatable bonds is 2. The number of carboxylic acids is 1. The molecule has 1 amide bonds. The number of alkyl carbamates (subject to hydrolysis) is 1. The number of carbonyl (C=O) groups is 2. The van der Waals surface area contributed by atoms with Crippen LogP contribution in [0, 0.1) is 0 Å². The second-order valence-electron chi connectivity index (χ2n) is 6.18. The Morgan fingerprint density at radius 3 is 2.35 bits per heavy atom. The number of piperidine rings is 1. The molecule has 0 saturated carbocycles. The Hall–Kier alpha value is -0.300. The summed E-state index contributed by atoms with van der Waals surface area (Å²) in [5.74, 6) is -0.856. The van der Waals surface area contributed by atoms with Crippen molar-refractivity contribution < 1.29 is 50.4 Å². The summed E-state index contributed by atoms with van der Waals surface area (Å²) in [6.07, 6.45) is 0.632. The first-order valence-electron chi connectivity index (χ1n) is 6.54. The van der Waals surface area contributed by atoms with Gasteiger partial charge in [-0.3, -0.25) is 9.69 Å². The average Bonchev–Trinajstić information content (AvgIpc) is 2.19. The number of amides is 1. The summed E-state index contributed by atoms with van der Waals surface area (Å²) in [7, 11) is 1.80. The summed E-state index contributed by atoms with van der Waals surface area (Å²) in [4.78, 5) is 24.7. The minimum Gasteiger partial charge on any atom is -1.00 e. The van der Waals surface area contributed by atoms with Crippen LogP contribution in [-0.2, 0) is 9.53 Å². The number of likely N-dealkylation sites (tertiary alicyclic amines) is 1. The predicted octanol–water partition coefficient (Wildman–Crippen LogP) is -1.44. The van der Waals surface area contributed by atoms with Crippen LogP contribution in [0.5, 0.6) is 0 Å². The molecule has 0 radical (unpaired) electrons. The van der Waals surface area contributed by atoms with Crippen molar-refractivity contribution in [2.24, 2.45) is 0 Å². The van der Waals surface area contributed by atoms with E-state index in [2.05, 4.69) is 5.32 Å². The van der Waals surface area contributed by atoms with Gasteiger partial charge in [-0.05, 0) is 47.6 Å². The van der Waals surface area contributed by atoms with Gasteiger partial charge in [-0.25, -0.2) is 4.79 Å². The Kier molecular flexibility index (Phi) is 7.52. The molecule has 20 heavy (non-hydrogen) atoms. The van der Waals surface area contributed by atoms with Gasteiger partial charge in [0.05, 0.1) is 0 Å². The van der Waals surface area contributed by atoms with E-state index >= 15 is 0 Å². The minimum atomic E-state index is -0.856. The predicted molar refractivity (Wildman–Crippen MR) is 72.2 cm³/mol. The number of aliphatic carboxylic acids is 1. The molecule has 1 fully saturated rings. The zero-order chi connectivity index (χ0) is 14.8. The molecule has 1 saturated heterocycles. The molecule has 1 rings (SSSR count). The molecular formula is C13H25N2NaO4. The maximum atomic E-state index is 11.7. The van der Waals surface area contributed by atoms with E-state index in [1.165, 1.54) is 0 Å². The minimum absolute atomic E-state index is 0. The topological polar surface area (TPSA) is 78.9 Å². The van der Waals surface area contributed by atoms with Crippen LogP contribution in [-0.4, -0.2) is 52.8 Å². The third-order valence-corrected chi connectivity index (χ3v) is 3.33. The molecule has 2 N–H and O–H groups in total. The maximum absolute atomic E-state index is 11.7. The van der Waals surface area contributed by atoms with Gasteiger partial charge in [-0.15, -0.1) is 0 Å². The number of carbonyl (C=O) groups excluding carboxylic acids is 1. The fourth-order valence-electron chi connectivity index (χ4n) is 2.28. The summed E-state index contributed by atoms with van der Waals surface area (Å²) < 4.78 is 5.19. The van der Waals surface area contributed by atoms with E-state index in [4.69, 9.17) is 4.74 Å². The van der Waals surface area contributed by atoms with Gasteiger partial charge < -0.3 is 16.6 Å². The quantitative estimate of drug-likeness (QED) is 0.611. The average molecular weight is 296 g/mol. The van der Waals surface area contributed by atoms with Crippen LogP contribution in [0.4, 0.5) is 4.79 Å². The van der Waals surface area contributed by atoms with Crippen molar-refractivity contribution in [3.05, 3.63) is 0 Å². The molecule has 7 heteroatoms. The van der Waals surface area contributed by atoms with E-state index in [-0.39, 0.29) is 43.1 Å². The summed E-state index contributed by atoms with van der Waals surface area (Å²) >= 11 is 0. The fourth-order valence-corrected chi connectivity index (χ4v) is 2.28. The molecule has 1 heterocycles. The Bertz CT molecular complexity index is 363. The molecule has 0 spiro atoms. The molecule has 0 bridgehead atoms. The molecule has 1 aliphatic heterocycles. The summed E-state index contributed by atoms with van der Waals surface area (Å²) in [6.45, 7) is 7.34. The number of nitrogens with zero attached hydrogens (tertiary/aromatic N) is 1. The van der Waals surface area contributed by atoms with Gasteiger partial charge >= 0.3 is 41.6 Å². The summed E-state index contributed by atoms with van der Waals surface area (Å²) in [6, 6.07) is -0.624. The van der Waals surface area contributed by atoms with Crippen LogP contribution in [0.3, 0.4) is 0 Å². The maximum Gasteiger partial charge on any atom is 1.00 e. The van der Waals surface area contributed by atoms with E-state index in [1.54, 1.807) is 27.8 Å². The van der Waals surface area contributed by atoms with Crippen molar-refractivity contribution in [2.45, 2.75) is 64.3 Å². The first kappa shape index (κ1) is 19.7. The molecule has 1 aliphatic rings. The van der Waals surface area contributed by atoms with Crippen LogP contribution < -0.4 is 34.9 Å². The monoisotopic (exact) mass is 296 g/mol. The Morgan fingerprint density at radius 2 is 1.90 bits per heavy atom. The molecule has 0 aliphatic carbocycles. The van der Waals surface area contributed by atoms with E-state index in [1.807, 2.05) is 11.8 Å². The molecule has 3 atom stereocenters. The van der Waals surface area contributed by atoms with E-state index < -0.39 is 23.7 Å². The number of hydrogen-bond donors (Lipinski definition) is 2. The Balaban J connectivity index is 0. The van der Waals surface area contributed by atoms with Crippen LogP contribution in [0.25, 0.3) is 0 Å². The number of ether oxygens (including phenoxy) is 1. The van der Waals surface area contributed by atoms with Gasteiger partial charge in [0.15, 0.2) is 0 Å². The van der Waals surface area contributed by atoms with Crippen LogP contribution >= 0.6 is 0 Å². The van der Waals surface area contributed by atoms with Gasteiger partial charge in [0.2, 0.25) is 0 Å². The van der Waals surface area contributed by atoms with Crippen LogP contribution in [0.15, 0.2) is 0 Å². The number of hydrogen-bond acceptors (Lipinski definition) is 4. The van der Waals surface area contributed by atoms with Crippen molar-refractivity contribution in [1.82, 2.24) is 10.2 Å². The van der Waals surface area contributed by atoms with E-state index in [0.717, 1.165) is 6.42 Å². The SMILES string of the molecule is CC1CC(NC(=O)OC(C)(C)C)C[C@@H](C(=O)O)N1C.[H-].[Na+]. The summed E-state index contributed by atoms with van der Waals surface area (Å²) in [5.41, 5.74) is -0.548. The fraction of sp³-hybridized carbons (Fsp3) is 0.846. The molecule has 2 unspecified atom stereocenters. The smallest absolute Gasteiger partial charge is 1.00 e. The van der Waals surface area contributed by atoms with Crippen molar-refractivity contribution in [3.8, 4) is 0 Å². The van der Waals surface area contributed by atoms with Gasteiger partial charge in [0.25, 0.3) is 0 Å². The van der Waals surface area contributed by atoms with Crippen molar-refractivity contribution in [3.63, 3.8) is 0 Å². The Morgan fingerprint density at radius 1 is 1.35 bits per heavy atom. The third kappa shape index (κ3) is 5.99. The molecular weight excluding hydrogens is 271 g/mol. The standard InChI is InChI=1S/C13H24N2O4.Na.H/c1-8-6-9(7-10(11(16)17)15(8)5)14-12(18)19-13(2,3)4;;/h8-10H,6-7H2,1-5H3,(H,14,18)(H,16,17);;/q;+1;-1/t8?,9?,10-;;/m0../s1. The number of likely N-dealkylation sites (N-methyl/N-ethyl adjacent to an activating group) is 1. The van der Waals surface area contributed by atoms with Crippen molar-refractivity contribution in [1.29, 1.82) is 0 Å². The van der Waals surface area contributed by atoms with Crippen LogP contribution in [0.2, 0.25) is 0 Å². The normalized spacial score (nSPS) is 27.4. The summed E-state index contributed by atoms with van der Waals surface area (Å²) in [5, 5.41) is 11.9. The molecule has 0 aromatic carbocycles. The van der Waals surface area contributed by atoms with Crippen molar-refractivity contribution >= 4 is 12.1 Å². The first-order valence-corrected chi connectivity index (χ1v) is 6.54. The number of carboxylic acid groups (broad SMARTS) is 1. The molecule has 0 aromatic heterocycles. The van der Waals surface area contributed by atoms with Gasteiger partial charge in [-0.2, -0.15) is 0 Å². The van der Waals surface area contributed by atoms with Gasteiger partial charge in [-0.1, -0.05) is 0 Å². The first-order chi connectivity index (χ1) is 8.60. The van der Waals surface area contributed by atoms with Crippen molar-refractivity contribution in [2.75, 3.05) is 7.05 Å². The van der Waals surface area contributed by atoms with Gasteiger partial charge in [0, 0.05) is 12.1 Å². The molecule has 0 aromatic rings. The molecule has 112 valence electrons. The van der Waals surface area contributed by atoms with E-state index in [0.29, 0.717) is 6.42 Å². The second-order valence-corrected chi connectivity index (χ2v) is 6.18. The zero-order valence-electron chi connectivity index (χ0n) is 14.3. The zero-order valence-corrected chi connectivity index (χ0v) is 15.3. The number of nitrogens with one attached hydrogen (secondary N) is 1. The second kappa shape index (κ2) is 7.64. The largest absolute Gasteiger partial charge is 1.00 e.